The summed E-state index contributed by atoms with van der Waals surface area (Å²) < 4.78 is 20.7. The van der Waals surface area contributed by atoms with Crippen LogP contribution in [0.25, 0.3) is 0 Å². The van der Waals surface area contributed by atoms with Crippen molar-refractivity contribution < 1.29 is 13.3 Å². The summed E-state index contributed by atoms with van der Waals surface area (Å²) in [6.45, 7) is 29.2. The molecule has 4 aliphatic rings. The maximum Gasteiger partial charge on any atom is 0.184 e. The van der Waals surface area contributed by atoms with Gasteiger partial charge in [0.25, 0.3) is 0 Å². The summed E-state index contributed by atoms with van der Waals surface area (Å²) in [5.41, 5.74) is 0.762. The van der Waals surface area contributed by atoms with Gasteiger partial charge in [0, 0.05) is 18.3 Å². The van der Waals surface area contributed by atoms with E-state index in [9.17, 15) is 0 Å². The molecule has 4 aliphatic carbocycles. The minimum absolute atomic E-state index is 0.353. The molecule has 0 N–H and O–H groups in total. The first-order valence-electron chi connectivity index (χ1n) is 15.4. The van der Waals surface area contributed by atoms with Gasteiger partial charge in [-0.3, -0.25) is 0 Å². The largest absolute Gasteiger partial charge is 0.415 e. The van der Waals surface area contributed by atoms with E-state index in [2.05, 4.69) is 79.7 Å². The summed E-state index contributed by atoms with van der Waals surface area (Å²) >= 11 is 0. The quantitative estimate of drug-likeness (QED) is 0.295. The average Bonchev–Trinajstić information content (AvgIpc) is 3.01. The van der Waals surface area contributed by atoms with E-state index in [1.54, 1.807) is 0 Å². The topological polar surface area (TPSA) is 27.7 Å². The van der Waals surface area contributed by atoms with E-state index in [0.29, 0.717) is 35.1 Å². The molecule has 0 radical (unpaired) electrons. The van der Waals surface area contributed by atoms with E-state index in [0.717, 1.165) is 23.7 Å². The van der Waals surface area contributed by atoms with Crippen LogP contribution in [0.1, 0.15) is 72.1 Å². The molecule has 0 saturated heterocycles. The molecule has 10 atom stereocenters. The van der Waals surface area contributed by atoms with Gasteiger partial charge < -0.3 is 13.3 Å². The molecule has 3 unspecified atom stereocenters. The highest BCUT2D eigenvalue weighted by Crippen LogP contribution is 2.68. The normalized spacial score (nSPS) is 44.5. The van der Waals surface area contributed by atoms with Crippen molar-refractivity contribution in [2.24, 2.45) is 40.4 Å². The van der Waals surface area contributed by atoms with Crippen molar-refractivity contribution in [1.29, 1.82) is 0 Å². The first-order valence-corrected chi connectivity index (χ1v) is 25.6. The summed E-state index contributed by atoms with van der Waals surface area (Å²) in [5.74, 6) is 3.87. The third-order valence-electron chi connectivity index (χ3n) is 10.7. The molecule has 0 bridgehead atoms. The molecule has 0 amide bonds. The van der Waals surface area contributed by atoms with Gasteiger partial charge in [-0.2, -0.15) is 0 Å². The van der Waals surface area contributed by atoms with Crippen LogP contribution in [0, 0.1) is 40.4 Å². The molecule has 0 aromatic carbocycles. The number of fused-ring (bicyclic) bond motifs is 5. The molecular formula is C30H60O3Si3. The van der Waals surface area contributed by atoms with Crippen molar-refractivity contribution in [3.8, 4) is 0 Å². The summed E-state index contributed by atoms with van der Waals surface area (Å²) in [6.07, 6.45) is 12.0. The fourth-order valence-electron chi connectivity index (χ4n) is 9.93. The van der Waals surface area contributed by atoms with Gasteiger partial charge in [-0.1, -0.05) is 13.8 Å². The van der Waals surface area contributed by atoms with Gasteiger partial charge in [-0.25, -0.2) is 0 Å². The molecule has 0 aliphatic heterocycles. The first-order chi connectivity index (χ1) is 16.3. The Morgan fingerprint density at radius 3 is 1.94 bits per heavy atom. The average molecular weight is 553 g/mol. The molecule has 0 aromatic rings. The predicted molar refractivity (Wildman–Crippen MR) is 161 cm³/mol. The second-order valence-corrected chi connectivity index (χ2v) is 30.2. The Balaban J connectivity index is 1.63. The van der Waals surface area contributed by atoms with Crippen LogP contribution in [0.15, 0.2) is 0 Å². The van der Waals surface area contributed by atoms with Crippen LogP contribution in [0.4, 0.5) is 0 Å². The molecule has 4 saturated carbocycles. The fourth-order valence-corrected chi connectivity index (χ4v) is 13.6. The van der Waals surface area contributed by atoms with Crippen LogP contribution in [0.3, 0.4) is 0 Å². The monoisotopic (exact) mass is 552 g/mol. The van der Waals surface area contributed by atoms with Crippen LogP contribution in [-0.4, -0.2) is 43.3 Å². The van der Waals surface area contributed by atoms with E-state index < -0.39 is 25.0 Å². The maximum atomic E-state index is 7.25. The minimum atomic E-state index is -1.66. The van der Waals surface area contributed by atoms with Gasteiger partial charge in [0.2, 0.25) is 0 Å². The third kappa shape index (κ3) is 5.99. The highest BCUT2D eigenvalue weighted by molar-refractivity contribution is 6.70. The van der Waals surface area contributed by atoms with Crippen molar-refractivity contribution in [3.05, 3.63) is 0 Å². The van der Waals surface area contributed by atoms with Crippen molar-refractivity contribution in [2.75, 3.05) is 0 Å². The van der Waals surface area contributed by atoms with Crippen molar-refractivity contribution in [3.63, 3.8) is 0 Å². The molecule has 3 nitrogen and oxygen atoms in total. The molecule has 4 fully saturated rings. The zero-order chi connectivity index (χ0) is 26.9. The zero-order valence-corrected chi connectivity index (χ0v) is 29.0. The van der Waals surface area contributed by atoms with Crippen LogP contribution in [0.2, 0.25) is 58.9 Å². The lowest BCUT2D eigenvalue weighted by Gasteiger charge is -2.64. The second-order valence-electron chi connectivity index (χ2n) is 16.8. The van der Waals surface area contributed by atoms with E-state index in [4.69, 9.17) is 13.3 Å². The Hall–Kier alpha value is 0.531. The molecule has 0 heterocycles. The first kappa shape index (κ1) is 29.5. The second kappa shape index (κ2) is 9.87. The lowest BCUT2D eigenvalue weighted by Crippen LogP contribution is -2.61. The zero-order valence-electron chi connectivity index (χ0n) is 26.0. The molecular weight excluding hydrogens is 493 g/mol. The fraction of sp³-hybridized carbons (Fsp3) is 1.00. The molecule has 210 valence electrons. The minimum Gasteiger partial charge on any atom is -0.415 e. The lowest BCUT2D eigenvalue weighted by molar-refractivity contribution is -0.175. The summed E-state index contributed by atoms with van der Waals surface area (Å²) in [5, 5.41) is 0. The molecule has 0 aromatic heterocycles. The number of hydrogen-bond donors (Lipinski definition) is 0. The van der Waals surface area contributed by atoms with Gasteiger partial charge in [-0.05, 0) is 158 Å². The highest BCUT2D eigenvalue weighted by Gasteiger charge is 2.64. The van der Waals surface area contributed by atoms with E-state index in [1.165, 1.54) is 51.4 Å². The van der Waals surface area contributed by atoms with Crippen LogP contribution in [0.5, 0.6) is 0 Å². The van der Waals surface area contributed by atoms with Gasteiger partial charge >= 0.3 is 0 Å². The van der Waals surface area contributed by atoms with E-state index >= 15 is 0 Å². The number of rotatable bonds is 7. The van der Waals surface area contributed by atoms with Crippen molar-refractivity contribution in [2.45, 2.75) is 149 Å². The standard InChI is InChI=1S/C30H60O3Si3/c1-21(31-34(4,5)6)25-15-16-26-24-14-13-22-19-23(32-35(7,8)9)17-18-29(22,2)28(24)27(20-30(25,26)3)33-36(10,11)12/h21-28H,13-20H2,1-12H3/t21-,22+,23+,24?,25+,26?,27-,28?,29-,30+/m0/s1. The van der Waals surface area contributed by atoms with Gasteiger partial charge in [-0.15, -0.1) is 0 Å². The van der Waals surface area contributed by atoms with Crippen molar-refractivity contribution in [1.82, 2.24) is 0 Å². The van der Waals surface area contributed by atoms with E-state index in [-0.39, 0.29) is 0 Å². The SMILES string of the molecule is C[C@H](O[Si](C)(C)C)[C@H]1CCC2C3CC[C@@H]4C[C@H](O[Si](C)(C)C)CC[C@]4(C)C3[C@@H](O[Si](C)(C)C)C[C@@]21C. The Labute approximate surface area is 227 Å². The Morgan fingerprint density at radius 2 is 1.36 bits per heavy atom. The van der Waals surface area contributed by atoms with Crippen LogP contribution in [-0.2, 0) is 13.3 Å². The smallest absolute Gasteiger partial charge is 0.184 e. The molecule has 6 heteroatoms. The third-order valence-corrected chi connectivity index (χ3v) is 13.9. The lowest BCUT2D eigenvalue weighted by atomic mass is 9.44. The van der Waals surface area contributed by atoms with Crippen LogP contribution < -0.4 is 0 Å². The van der Waals surface area contributed by atoms with E-state index in [1.807, 2.05) is 0 Å². The van der Waals surface area contributed by atoms with Crippen LogP contribution >= 0.6 is 0 Å². The maximum absolute atomic E-state index is 7.25. The molecule has 4 rings (SSSR count). The Bertz CT molecular complexity index is 784. The molecule has 36 heavy (non-hydrogen) atoms. The van der Waals surface area contributed by atoms with Gasteiger partial charge in [0.1, 0.15) is 0 Å². The summed E-state index contributed by atoms with van der Waals surface area (Å²) in [6, 6.07) is 0. The summed E-state index contributed by atoms with van der Waals surface area (Å²) in [7, 11) is -4.72. The van der Waals surface area contributed by atoms with Gasteiger partial charge in [0.15, 0.2) is 25.0 Å². The Morgan fingerprint density at radius 1 is 0.722 bits per heavy atom. The molecule has 0 spiro atoms. The summed E-state index contributed by atoms with van der Waals surface area (Å²) in [4.78, 5) is 0. The highest BCUT2D eigenvalue weighted by atomic mass is 28.4. The van der Waals surface area contributed by atoms with Crippen molar-refractivity contribution >= 4 is 25.0 Å². The van der Waals surface area contributed by atoms with Gasteiger partial charge in [0.05, 0.1) is 0 Å². The predicted octanol–water partition coefficient (Wildman–Crippen LogP) is 8.94. The number of hydrogen-bond acceptors (Lipinski definition) is 3. The Kier molecular flexibility index (Phi) is 8.09.